The van der Waals surface area contributed by atoms with Gasteiger partial charge in [-0.05, 0) is 38.0 Å². The fraction of sp³-hybridized carbons (Fsp3) is 0.438. The lowest BCUT2D eigenvalue weighted by Crippen LogP contribution is -2.35. The maximum absolute atomic E-state index is 11.6. The van der Waals surface area contributed by atoms with E-state index in [-0.39, 0.29) is 6.03 Å². The number of hydrogen-bond donors (Lipinski definition) is 2. The lowest BCUT2D eigenvalue weighted by molar-refractivity contribution is 0.240. The highest BCUT2D eigenvalue weighted by Crippen LogP contribution is 2.10. The number of nitrogens with zero attached hydrogens (tertiary/aromatic N) is 3. The van der Waals surface area contributed by atoms with Crippen LogP contribution in [0.4, 0.5) is 4.79 Å². The Morgan fingerprint density at radius 2 is 2.09 bits per heavy atom. The van der Waals surface area contributed by atoms with Gasteiger partial charge in [-0.2, -0.15) is 5.10 Å². The lowest BCUT2D eigenvalue weighted by Gasteiger charge is -2.08. The molecule has 0 aliphatic carbocycles. The van der Waals surface area contributed by atoms with Gasteiger partial charge < -0.3 is 10.6 Å². The summed E-state index contributed by atoms with van der Waals surface area (Å²) < 4.78 is 1.81. The minimum Gasteiger partial charge on any atom is -0.338 e. The molecule has 0 saturated carbocycles. The fourth-order valence-corrected chi connectivity index (χ4v) is 2.13. The summed E-state index contributed by atoms with van der Waals surface area (Å²) in [5.74, 6) is 0.779. The molecular formula is C16H23N5O. The Morgan fingerprint density at radius 3 is 2.68 bits per heavy atom. The van der Waals surface area contributed by atoms with Crippen molar-refractivity contribution in [3.8, 4) is 5.82 Å². The fourth-order valence-electron chi connectivity index (χ4n) is 2.13. The quantitative estimate of drug-likeness (QED) is 0.805. The van der Waals surface area contributed by atoms with E-state index in [1.54, 1.807) is 6.20 Å². The van der Waals surface area contributed by atoms with Crippen LogP contribution in [0.1, 0.15) is 36.7 Å². The summed E-state index contributed by atoms with van der Waals surface area (Å²) in [6, 6.07) is 5.73. The molecule has 2 rings (SSSR count). The van der Waals surface area contributed by atoms with Crippen molar-refractivity contribution >= 4 is 6.03 Å². The highest BCUT2D eigenvalue weighted by Gasteiger charge is 2.05. The molecule has 2 N–H and O–H groups in total. The Kier molecular flexibility index (Phi) is 5.52. The van der Waals surface area contributed by atoms with Gasteiger partial charge in [0, 0.05) is 25.0 Å². The van der Waals surface area contributed by atoms with Gasteiger partial charge in [-0.15, -0.1) is 0 Å². The molecule has 118 valence electrons. The van der Waals surface area contributed by atoms with E-state index in [1.165, 1.54) is 0 Å². The number of carbonyl (C=O) groups excluding carboxylic acids is 1. The Morgan fingerprint density at radius 1 is 1.27 bits per heavy atom. The summed E-state index contributed by atoms with van der Waals surface area (Å²) in [5.41, 5.74) is 2.97. The minimum atomic E-state index is -0.143. The van der Waals surface area contributed by atoms with Crippen LogP contribution in [0.5, 0.6) is 0 Å². The van der Waals surface area contributed by atoms with E-state index in [1.807, 2.05) is 36.7 Å². The number of rotatable bonds is 6. The van der Waals surface area contributed by atoms with Crippen molar-refractivity contribution in [2.24, 2.45) is 0 Å². The molecule has 2 aromatic heterocycles. The zero-order valence-electron chi connectivity index (χ0n) is 13.4. The smallest absolute Gasteiger partial charge is 0.315 e. The number of unbranched alkanes of at least 4 members (excludes halogenated alkanes) is 1. The van der Waals surface area contributed by atoms with Crippen molar-refractivity contribution < 1.29 is 4.79 Å². The summed E-state index contributed by atoms with van der Waals surface area (Å²) in [5, 5.41) is 10.0. The molecule has 2 aromatic rings. The Balaban J connectivity index is 1.89. The first-order valence-corrected chi connectivity index (χ1v) is 7.60. The van der Waals surface area contributed by atoms with Gasteiger partial charge in [0.15, 0.2) is 5.82 Å². The topological polar surface area (TPSA) is 71.8 Å². The number of carbonyl (C=O) groups is 1. The predicted molar refractivity (Wildman–Crippen MR) is 86.0 cm³/mol. The van der Waals surface area contributed by atoms with Gasteiger partial charge in [0.2, 0.25) is 0 Å². The molecule has 2 heterocycles. The van der Waals surface area contributed by atoms with E-state index in [0.717, 1.165) is 35.6 Å². The van der Waals surface area contributed by atoms with Gasteiger partial charge >= 0.3 is 6.03 Å². The van der Waals surface area contributed by atoms with E-state index in [9.17, 15) is 4.79 Å². The second-order valence-corrected chi connectivity index (χ2v) is 5.33. The van der Waals surface area contributed by atoms with Crippen molar-refractivity contribution in [1.29, 1.82) is 0 Å². The molecule has 0 saturated heterocycles. The van der Waals surface area contributed by atoms with E-state index in [2.05, 4.69) is 27.6 Å². The Hall–Kier alpha value is -2.37. The molecule has 0 aliphatic heterocycles. The molecule has 0 radical (unpaired) electrons. The van der Waals surface area contributed by atoms with Crippen molar-refractivity contribution in [2.45, 2.75) is 40.2 Å². The molecule has 0 aliphatic rings. The van der Waals surface area contributed by atoms with Crippen LogP contribution in [0.3, 0.4) is 0 Å². The summed E-state index contributed by atoms with van der Waals surface area (Å²) in [6.07, 6.45) is 3.82. The molecule has 6 heteroatoms. The van der Waals surface area contributed by atoms with Crippen LogP contribution >= 0.6 is 0 Å². The Labute approximate surface area is 130 Å². The molecule has 2 amide bonds. The van der Waals surface area contributed by atoms with Gasteiger partial charge in [0.1, 0.15) is 0 Å². The average molecular weight is 301 g/mol. The van der Waals surface area contributed by atoms with Gasteiger partial charge in [-0.3, -0.25) is 0 Å². The number of hydrogen-bond acceptors (Lipinski definition) is 3. The van der Waals surface area contributed by atoms with Crippen LogP contribution in [-0.2, 0) is 6.54 Å². The third kappa shape index (κ3) is 4.31. The van der Waals surface area contributed by atoms with Crippen LogP contribution in [0.15, 0.2) is 24.4 Å². The molecule has 22 heavy (non-hydrogen) atoms. The molecule has 6 nitrogen and oxygen atoms in total. The first-order valence-electron chi connectivity index (χ1n) is 7.60. The highest BCUT2D eigenvalue weighted by atomic mass is 16.2. The van der Waals surface area contributed by atoms with E-state index < -0.39 is 0 Å². The first kappa shape index (κ1) is 16.0. The SMILES string of the molecule is CCCCNC(=O)NCc1ccc(-n2nc(C)cc2C)nc1. The molecule has 0 atom stereocenters. The standard InChI is InChI=1S/C16H23N5O/c1-4-5-8-17-16(22)19-11-14-6-7-15(18-10-14)21-13(3)9-12(2)20-21/h6-7,9-10H,4-5,8,11H2,1-3H3,(H2,17,19,22). The number of pyridine rings is 1. The van der Waals surface area contributed by atoms with Gasteiger partial charge in [0.25, 0.3) is 0 Å². The number of aryl methyl sites for hydroxylation is 2. The monoisotopic (exact) mass is 301 g/mol. The number of aromatic nitrogens is 3. The largest absolute Gasteiger partial charge is 0.338 e. The van der Waals surface area contributed by atoms with Gasteiger partial charge in [-0.1, -0.05) is 19.4 Å². The third-order valence-corrected chi connectivity index (χ3v) is 3.30. The van der Waals surface area contributed by atoms with E-state index >= 15 is 0 Å². The second-order valence-electron chi connectivity index (χ2n) is 5.33. The summed E-state index contributed by atoms with van der Waals surface area (Å²) in [6.45, 7) is 7.21. The maximum Gasteiger partial charge on any atom is 0.315 e. The van der Waals surface area contributed by atoms with Crippen molar-refractivity contribution in [3.63, 3.8) is 0 Å². The first-order chi connectivity index (χ1) is 10.6. The summed E-state index contributed by atoms with van der Waals surface area (Å²) in [4.78, 5) is 16.0. The van der Waals surface area contributed by atoms with Gasteiger partial charge in [-0.25, -0.2) is 14.5 Å². The zero-order chi connectivity index (χ0) is 15.9. The average Bonchev–Trinajstić information content (AvgIpc) is 2.85. The number of nitrogens with one attached hydrogen (secondary N) is 2. The van der Waals surface area contributed by atoms with Crippen LogP contribution < -0.4 is 10.6 Å². The molecular weight excluding hydrogens is 278 g/mol. The number of urea groups is 1. The van der Waals surface area contributed by atoms with E-state index in [0.29, 0.717) is 13.1 Å². The van der Waals surface area contributed by atoms with Crippen molar-refractivity contribution in [3.05, 3.63) is 41.3 Å². The molecule has 0 fully saturated rings. The Bertz CT molecular complexity index is 618. The van der Waals surface area contributed by atoms with Crippen LogP contribution in [0, 0.1) is 13.8 Å². The minimum absolute atomic E-state index is 0.143. The highest BCUT2D eigenvalue weighted by molar-refractivity contribution is 5.73. The third-order valence-electron chi connectivity index (χ3n) is 3.30. The van der Waals surface area contributed by atoms with Crippen molar-refractivity contribution in [1.82, 2.24) is 25.4 Å². The normalized spacial score (nSPS) is 10.5. The van der Waals surface area contributed by atoms with Gasteiger partial charge in [0.05, 0.1) is 5.69 Å². The van der Waals surface area contributed by atoms with Crippen molar-refractivity contribution in [2.75, 3.05) is 6.54 Å². The predicted octanol–water partition coefficient (Wildman–Crippen LogP) is 2.48. The lowest BCUT2D eigenvalue weighted by atomic mass is 10.3. The molecule has 0 bridgehead atoms. The molecule has 0 unspecified atom stereocenters. The molecule has 0 spiro atoms. The maximum atomic E-state index is 11.6. The zero-order valence-corrected chi connectivity index (χ0v) is 13.4. The van der Waals surface area contributed by atoms with Crippen LogP contribution in [-0.4, -0.2) is 27.3 Å². The second kappa shape index (κ2) is 7.59. The number of amides is 2. The molecule has 0 aromatic carbocycles. The van der Waals surface area contributed by atoms with Crippen LogP contribution in [0.2, 0.25) is 0 Å². The van der Waals surface area contributed by atoms with Crippen LogP contribution in [0.25, 0.3) is 5.82 Å². The summed E-state index contributed by atoms with van der Waals surface area (Å²) >= 11 is 0. The van der Waals surface area contributed by atoms with E-state index in [4.69, 9.17) is 0 Å². The summed E-state index contributed by atoms with van der Waals surface area (Å²) in [7, 11) is 0.